The van der Waals surface area contributed by atoms with Gasteiger partial charge in [-0.1, -0.05) is 37.5 Å². The molecule has 0 aromatic heterocycles. The van der Waals surface area contributed by atoms with Crippen molar-refractivity contribution in [3.8, 4) is 11.5 Å². The maximum Gasteiger partial charge on any atom is 0.255 e. The van der Waals surface area contributed by atoms with Gasteiger partial charge in [0.05, 0.1) is 25.8 Å². The van der Waals surface area contributed by atoms with Gasteiger partial charge in [0.15, 0.2) is 11.5 Å². The van der Waals surface area contributed by atoms with Gasteiger partial charge in [0, 0.05) is 42.5 Å². The molecule has 2 atom stereocenters. The lowest BCUT2D eigenvalue weighted by molar-refractivity contribution is -0.225. The molecular formula is C41H50N5O5-. The van der Waals surface area contributed by atoms with Crippen LogP contribution in [0.3, 0.4) is 0 Å². The predicted octanol–water partition coefficient (Wildman–Crippen LogP) is 5.97. The zero-order valence-electron chi connectivity index (χ0n) is 29.9. The van der Waals surface area contributed by atoms with Crippen LogP contribution >= 0.6 is 0 Å². The largest absolute Gasteiger partial charge is 0.860 e. The minimum Gasteiger partial charge on any atom is -0.860 e. The molecule has 0 aliphatic carbocycles. The summed E-state index contributed by atoms with van der Waals surface area (Å²) in [4.78, 5) is 35.1. The van der Waals surface area contributed by atoms with Gasteiger partial charge in [0.2, 0.25) is 5.91 Å². The summed E-state index contributed by atoms with van der Waals surface area (Å²) in [7, 11) is 1.69. The summed E-state index contributed by atoms with van der Waals surface area (Å²) in [6, 6.07) is 18.0. The Morgan fingerprint density at radius 1 is 0.882 bits per heavy atom. The van der Waals surface area contributed by atoms with Gasteiger partial charge in [-0.2, -0.15) is 0 Å². The van der Waals surface area contributed by atoms with E-state index in [9.17, 15) is 14.7 Å². The maximum absolute atomic E-state index is 13.3. The summed E-state index contributed by atoms with van der Waals surface area (Å²) in [6.45, 7) is 7.39. The number of hydrogen-bond donors (Lipinski definition) is 1. The summed E-state index contributed by atoms with van der Waals surface area (Å²) >= 11 is 0. The molecule has 0 saturated carbocycles. The van der Waals surface area contributed by atoms with Gasteiger partial charge < -0.3 is 35.0 Å². The molecule has 0 radical (unpaired) electrons. The van der Waals surface area contributed by atoms with Crippen LogP contribution in [-0.4, -0.2) is 66.9 Å². The van der Waals surface area contributed by atoms with Crippen molar-refractivity contribution in [2.24, 2.45) is 4.99 Å². The number of nitrogen functional groups attached to an aromatic ring is 1. The van der Waals surface area contributed by atoms with E-state index in [-0.39, 0.29) is 24.3 Å². The quantitative estimate of drug-likeness (QED) is 0.172. The molecule has 3 aromatic rings. The molecule has 7 rings (SSSR count). The third kappa shape index (κ3) is 7.42. The Balaban J connectivity index is 0.814. The molecule has 0 spiro atoms. The molecule has 10 nitrogen and oxygen atoms in total. The number of likely N-dealkylation sites (tertiary alicyclic amines) is 1. The van der Waals surface area contributed by atoms with E-state index in [1.165, 1.54) is 36.0 Å². The van der Waals surface area contributed by atoms with Gasteiger partial charge >= 0.3 is 0 Å². The molecule has 270 valence electrons. The molecule has 4 heterocycles. The van der Waals surface area contributed by atoms with Crippen LogP contribution in [0.5, 0.6) is 11.5 Å². The Kier molecular flexibility index (Phi) is 10.5. The van der Waals surface area contributed by atoms with Gasteiger partial charge in [-0.05, 0) is 123 Å². The van der Waals surface area contributed by atoms with Crippen LogP contribution in [0.4, 0.5) is 11.4 Å². The lowest BCUT2D eigenvalue weighted by atomic mass is 9.85. The fourth-order valence-corrected chi connectivity index (χ4v) is 8.46. The van der Waals surface area contributed by atoms with Gasteiger partial charge in [-0.15, -0.1) is 0 Å². The molecule has 1 saturated heterocycles. The van der Waals surface area contributed by atoms with Crippen LogP contribution in [0.25, 0.3) is 0 Å². The third-order valence-electron chi connectivity index (χ3n) is 11.4. The Morgan fingerprint density at radius 3 is 2.49 bits per heavy atom. The highest BCUT2D eigenvalue weighted by molar-refractivity contribution is 6.03. The van der Waals surface area contributed by atoms with Crippen LogP contribution < -0.4 is 25.2 Å². The standard InChI is InChI=1S/C41H51N5O5/c1-27-34-23-30(42)12-11-29(34)25-45(27)31-13-15-37(50-2)38(24-31)51-22-7-5-3-4-6-19-44-20-17-28(18-21-44)32-9-8-10-33-35(32)26-46(41(33)49)36-14-16-39(47)43-40(36)48/h8-13,15,23-24,27-28,36H,3-7,14,16-22,25-26,42H2,1-2H3,(H,43,47,48)/p-1. The van der Waals surface area contributed by atoms with Gasteiger partial charge in [0.1, 0.15) is 0 Å². The average molecular weight is 693 g/mol. The molecule has 1 fully saturated rings. The first kappa shape index (κ1) is 34.9. The van der Waals surface area contributed by atoms with E-state index in [4.69, 9.17) is 15.2 Å². The molecule has 51 heavy (non-hydrogen) atoms. The lowest BCUT2D eigenvalue weighted by Gasteiger charge is -2.34. The number of unbranched alkanes of at least 4 members (excludes halogenated alkanes) is 4. The number of methoxy groups -OCH3 is 1. The predicted molar refractivity (Wildman–Crippen MR) is 197 cm³/mol. The SMILES string of the molecule is COc1ccc(N2Cc3ccc(N)cc3C2C)cc1OCCCCCCCN1CCC(c2cccc3c2CN(C2CCC(=O)N=C2[O-])C3=O)CC1. The molecule has 2 amide bonds. The highest BCUT2D eigenvalue weighted by Crippen LogP contribution is 2.41. The second-order valence-corrected chi connectivity index (χ2v) is 14.5. The summed E-state index contributed by atoms with van der Waals surface area (Å²) in [5.74, 6) is 0.976. The minimum absolute atomic E-state index is 0.113. The van der Waals surface area contributed by atoms with E-state index in [0.29, 0.717) is 31.1 Å². The number of benzene rings is 3. The monoisotopic (exact) mass is 692 g/mol. The van der Waals surface area contributed by atoms with Gasteiger partial charge in [-0.25, -0.2) is 4.99 Å². The minimum atomic E-state index is -0.630. The highest BCUT2D eigenvalue weighted by Gasteiger charge is 2.37. The number of hydrogen-bond acceptors (Lipinski definition) is 8. The van der Waals surface area contributed by atoms with Crippen molar-refractivity contribution in [3.63, 3.8) is 0 Å². The molecule has 3 aromatic carbocycles. The van der Waals surface area contributed by atoms with Crippen molar-refractivity contribution in [1.29, 1.82) is 0 Å². The number of nitrogens with zero attached hydrogens (tertiary/aromatic N) is 4. The van der Waals surface area contributed by atoms with Crippen molar-refractivity contribution >= 4 is 29.1 Å². The summed E-state index contributed by atoms with van der Waals surface area (Å²) in [5.41, 5.74) is 13.6. The molecule has 4 aliphatic heterocycles. The molecule has 2 N–H and O–H groups in total. The number of rotatable bonds is 13. The van der Waals surface area contributed by atoms with Crippen LogP contribution in [0.1, 0.15) is 109 Å². The van der Waals surface area contributed by atoms with Crippen molar-refractivity contribution in [2.75, 3.05) is 44.0 Å². The molecular weight excluding hydrogens is 642 g/mol. The van der Waals surface area contributed by atoms with Crippen molar-refractivity contribution in [2.45, 2.75) is 95.8 Å². The smallest absolute Gasteiger partial charge is 0.255 e. The first-order chi connectivity index (χ1) is 24.8. The van der Waals surface area contributed by atoms with E-state index < -0.39 is 11.9 Å². The lowest BCUT2D eigenvalue weighted by Crippen LogP contribution is -2.48. The summed E-state index contributed by atoms with van der Waals surface area (Å²) < 4.78 is 11.9. The first-order valence-corrected chi connectivity index (χ1v) is 18.7. The fourth-order valence-electron chi connectivity index (χ4n) is 8.46. The zero-order chi connectivity index (χ0) is 35.5. The van der Waals surface area contributed by atoms with E-state index in [1.807, 2.05) is 24.3 Å². The van der Waals surface area contributed by atoms with E-state index in [2.05, 4.69) is 52.0 Å². The van der Waals surface area contributed by atoms with E-state index in [1.54, 1.807) is 12.0 Å². The van der Waals surface area contributed by atoms with Crippen molar-refractivity contribution in [1.82, 2.24) is 9.80 Å². The number of anilines is 2. The molecule has 2 unspecified atom stereocenters. The topological polar surface area (TPSA) is 124 Å². The number of carbonyl (C=O) groups excluding carboxylic acids is 2. The van der Waals surface area contributed by atoms with Crippen LogP contribution in [-0.2, 0) is 17.9 Å². The summed E-state index contributed by atoms with van der Waals surface area (Å²) in [6.07, 6.45) is 8.44. The number of amides is 2. The zero-order valence-corrected chi connectivity index (χ0v) is 29.9. The fraction of sp³-hybridized carbons (Fsp3) is 0.488. The Hall–Kier alpha value is -4.57. The third-order valence-corrected chi connectivity index (χ3v) is 11.4. The highest BCUT2D eigenvalue weighted by atomic mass is 16.5. The Morgan fingerprint density at radius 2 is 1.69 bits per heavy atom. The summed E-state index contributed by atoms with van der Waals surface area (Å²) in [5, 5.41) is 12.5. The van der Waals surface area contributed by atoms with E-state index in [0.717, 1.165) is 80.3 Å². The number of piperidine rings is 1. The average Bonchev–Trinajstić information content (AvgIpc) is 3.65. The number of fused-ring (bicyclic) bond motifs is 2. The van der Waals surface area contributed by atoms with Crippen LogP contribution in [0, 0.1) is 0 Å². The molecule has 0 bridgehead atoms. The first-order valence-electron chi connectivity index (χ1n) is 18.7. The van der Waals surface area contributed by atoms with Gasteiger partial charge in [-0.3, -0.25) is 9.59 Å². The van der Waals surface area contributed by atoms with E-state index >= 15 is 0 Å². The number of carbonyl (C=O) groups is 2. The van der Waals surface area contributed by atoms with Crippen molar-refractivity contribution in [3.05, 3.63) is 82.4 Å². The number of nitrogens with two attached hydrogens (primary N) is 1. The Labute approximate surface area is 301 Å². The van der Waals surface area contributed by atoms with Crippen LogP contribution in [0.15, 0.2) is 59.6 Å². The Bertz CT molecular complexity index is 1780. The number of ether oxygens (including phenoxy) is 2. The van der Waals surface area contributed by atoms with Gasteiger partial charge in [0.25, 0.3) is 5.91 Å². The second kappa shape index (κ2) is 15.4. The number of aliphatic imine (C=N–C) groups is 1. The van der Waals surface area contributed by atoms with Crippen molar-refractivity contribution < 1.29 is 24.2 Å². The van der Waals surface area contributed by atoms with Crippen LogP contribution in [0.2, 0.25) is 0 Å². The molecule has 10 heteroatoms. The second-order valence-electron chi connectivity index (χ2n) is 14.5. The normalized spacial score (nSPS) is 20.8. The molecule has 4 aliphatic rings. The maximum atomic E-state index is 13.3.